The number of Topliss-reactive ketones (excluding diaryl/α,β-unsaturated/α-hetero) is 1. The summed E-state index contributed by atoms with van der Waals surface area (Å²) in [7, 11) is 2.05. The lowest BCUT2D eigenvalue weighted by Crippen LogP contribution is -2.27. The van der Waals surface area contributed by atoms with Gasteiger partial charge in [-0.25, -0.2) is 0 Å². The molecule has 1 atom stereocenters. The minimum atomic E-state index is 0.251. The molecule has 1 fully saturated rings. The molecule has 2 rings (SSSR count). The standard InChI is InChI=1S/C13H19NO2/c1-10-6-7-12(16-10)9-14(2)8-11-4-3-5-13(11)15/h6-7,11H,3-5,8-9H2,1-2H3. The second-order valence-corrected chi connectivity index (χ2v) is 4.76. The van der Waals surface area contributed by atoms with Crippen molar-refractivity contribution < 1.29 is 9.21 Å². The maximum Gasteiger partial charge on any atom is 0.137 e. The fraction of sp³-hybridized carbons (Fsp3) is 0.615. The van der Waals surface area contributed by atoms with Crippen LogP contribution in [0, 0.1) is 12.8 Å². The maximum atomic E-state index is 11.5. The van der Waals surface area contributed by atoms with Crippen molar-refractivity contribution in [2.24, 2.45) is 5.92 Å². The molecule has 16 heavy (non-hydrogen) atoms. The van der Waals surface area contributed by atoms with Crippen molar-refractivity contribution in [2.45, 2.75) is 32.7 Å². The van der Waals surface area contributed by atoms with E-state index in [2.05, 4.69) is 4.90 Å². The normalized spacial score (nSPS) is 20.9. The molecule has 88 valence electrons. The summed E-state index contributed by atoms with van der Waals surface area (Å²) in [6.07, 6.45) is 2.90. The van der Waals surface area contributed by atoms with Crippen molar-refractivity contribution in [3.05, 3.63) is 23.7 Å². The Morgan fingerprint density at radius 3 is 2.88 bits per heavy atom. The van der Waals surface area contributed by atoms with E-state index in [4.69, 9.17) is 4.42 Å². The molecular formula is C13H19NO2. The maximum absolute atomic E-state index is 11.5. The summed E-state index contributed by atoms with van der Waals surface area (Å²) in [5.41, 5.74) is 0. The molecule has 0 radical (unpaired) electrons. The lowest BCUT2D eigenvalue weighted by molar-refractivity contribution is -0.121. The monoisotopic (exact) mass is 221 g/mol. The summed E-state index contributed by atoms with van der Waals surface area (Å²) in [5.74, 6) is 2.61. The van der Waals surface area contributed by atoms with Gasteiger partial charge in [0.05, 0.1) is 6.54 Å². The van der Waals surface area contributed by atoms with Gasteiger partial charge in [0.2, 0.25) is 0 Å². The summed E-state index contributed by atoms with van der Waals surface area (Å²) in [4.78, 5) is 13.7. The number of hydrogen-bond donors (Lipinski definition) is 0. The third kappa shape index (κ3) is 2.73. The Labute approximate surface area is 96.4 Å². The van der Waals surface area contributed by atoms with Crippen LogP contribution in [0.25, 0.3) is 0 Å². The zero-order chi connectivity index (χ0) is 11.5. The molecule has 1 unspecified atom stereocenters. The zero-order valence-corrected chi connectivity index (χ0v) is 10.0. The van der Waals surface area contributed by atoms with Crippen LogP contribution in [-0.4, -0.2) is 24.3 Å². The SMILES string of the molecule is Cc1ccc(CN(C)CC2CCCC2=O)o1. The minimum absolute atomic E-state index is 0.251. The lowest BCUT2D eigenvalue weighted by Gasteiger charge is -2.18. The molecule has 3 nitrogen and oxygen atoms in total. The molecule has 0 saturated heterocycles. The Balaban J connectivity index is 1.84. The van der Waals surface area contributed by atoms with E-state index in [1.165, 1.54) is 0 Å². The van der Waals surface area contributed by atoms with Crippen molar-refractivity contribution in [1.29, 1.82) is 0 Å². The van der Waals surface area contributed by atoms with E-state index in [9.17, 15) is 4.79 Å². The van der Waals surface area contributed by atoms with Gasteiger partial charge in [-0.2, -0.15) is 0 Å². The number of carbonyl (C=O) groups is 1. The van der Waals surface area contributed by atoms with Crippen LogP contribution in [0.4, 0.5) is 0 Å². The molecule has 0 spiro atoms. The van der Waals surface area contributed by atoms with Gasteiger partial charge in [-0.3, -0.25) is 9.69 Å². The number of furan rings is 1. The molecule has 0 N–H and O–H groups in total. The largest absolute Gasteiger partial charge is 0.465 e. The highest BCUT2D eigenvalue weighted by molar-refractivity contribution is 5.83. The van der Waals surface area contributed by atoms with Crippen LogP contribution in [0.3, 0.4) is 0 Å². The Bertz CT molecular complexity index is 370. The highest BCUT2D eigenvalue weighted by atomic mass is 16.3. The van der Waals surface area contributed by atoms with Gasteiger partial charge in [-0.05, 0) is 38.9 Å². The van der Waals surface area contributed by atoms with Crippen molar-refractivity contribution in [2.75, 3.05) is 13.6 Å². The number of carbonyl (C=O) groups excluding carboxylic acids is 1. The molecule has 1 aliphatic carbocycles. The second kappa shape index (κ2) is 4.83. The number of hydrogen-bond acceptors (Lipinski definition) is 3. The van der Waals surface area contributed by atoms with E-state index in [0.717, 1.165) is 43.9 Å². The van der Waals surface area contributed by atoms with Gasteiger partial charge < -0.3 is 4.42 Å². The number of aryl methyl sites for hydroxylation is 1. The molecule has 0 bridgehead atoms. The summed E-state index contributed by atoms with van der Waals surface area (Å²) in [6.45, 7) is 3.60. The van der Waals surface area contributed by atoms with Crippen molar-refractivity contribution in [1.82, 2.24) is 4.90 Å². The molecule has 0 aromatic carbocycles. The van der Waals surface area contributed by atoms with Gasteiger partial charge in [0.25, 0.3) is 0 Å². The Hall–Kier alpha value is -1.09. The van der Waals surface area contributed by atoms with E-state index < -0.39 is 0 Å². The molecule has 1 heterocycles. The topological polar surface area (TPSA) is 33.5 Å². The van der Waals surface area contributed by atoms with E-state index in [0.29, 0.717) is 5.78 Å². The van der Waals surface area contributed by atoms with Crippen LogP contribution in [0.5, 0.6) is 0 Å². The van der Waals surface area contributed by atoms with Gasteiger partial charge >= 0.3 is 0 Å². The van der Waals surface area contributed by atoms with E-state index in [-0.39, 0.29) is 5.92 Å². The van der Waals surface area contributed by atoms with Gasteiger partial charge in [-0.15, -0.1) is 0 Å². The van der Waals surface area contributed by atoms with Crippen LogP contribution < -0.4 is 0 Å². The molecule has 0 aliphatic heterocycles. The first-order chi connectivity index (χ1) is 7.65. The molecule has 3 heteroatoms. The first kappa shape index (κ1) is 11.4. The van der Waals surface area contributed by atoms with Crippen LogP contribution in [0.2, 0.25) is 0 Å². The molecule has 1 saturated carbocycles. The van der Waals surface area contributed by atoms with Crippen LogP contribution in [-0.2, 0) is 11.3 Å². The quantitative estimate of drug-likeness (QED) is 0.782. The average Bonchev–Trinajstić information content (AvgIpc) is 2.77. The van der Waals surface area contributed by atoms with Crippen molar-refractivity contribution in [3.63, 3.8) is 0 Å². The summed E-state index contributed by atoms with van der Waals surface area (Å²) < 4.78 is 5.52. The summed E-state index contributed by atoms with van der Waals surface area (Å²) in [6, 6.07) is 3.98. The van der Waals surface area contributed by atoms with Gasteiger partial charge in [0, 0.05) is 18.9 Å². The zero-order valence-electron chi connectivity index (χ0n) is 10.0. The molecular weight excluding hydrogens is 202 g/mol. The van der Waals surface area contributed by atoms with Crippen LogP contribution >= 0.6 is 0 Å². The minimum Gasteiger partial charge on any atom is -0.465 e. The smallest absolute Gasteiger partial charge is 0.137 e. The van der Waals surface area contributed by atoms with Gasteiger partial charge in [-0.1, -0.05) is 0 Å². The van der Waals surface area contributed by atoms with Crippen LogP contribution in [0.15, 0.2) is 16.5 Å². The van der Waals surface area contributed by atoms with Crippen molar-refractivity contribution in [3.8, 4) is 0 Å². The average molecular weight is 221 g/mol. The Morgan fingerprint density at radius 2 is 2.31 bits per heavy atom. The highest BCUT2D eigenvalue weighted by Crippen LogP contribution is 2.22. The molecule has 0 amide bonds. The Kier molecular flexibility index (Phi) is 3.44. The molecule has 1 aromatic heterocycles. The summed E-state index contributed by atoms with van der Waals surface area (Å²) in [5, 5.41) is 0. The molecule has 1 aliphatic rings. The van der Waals surface area contributed by atoms with E-state index >= 15 is 0 Å². The number of nitrogens with zero attached hydrogens (tertiary/aromatic N) is 1. The predicted octanol–water partition coefficient (Wildman–Crippen LogP) is 2.39. The summed E-state index contributed by atoms with van der Waals surface area (Å²) >= 11 is 0. The fourth-order valence-corrected chi connectivity index (χ4v) is 2.36. The van der Waals surface area contributed by atoms with Crippen molar-refractivity contribution >= 4 is 5.78 Å². The third-order valence-electron chi connectivity index (χ3n) is 3.18. The molecule has 1 aromatic rings. The second-order valence-electron chi connectivity index (χ2n) is 4.76. The van der Waals surface area contributed by atoms with Gasteiger partial charge in [0.1, 0.15) is 17.3 Å². The van der Waals surface area contributed by atoms with E-state index in [1.807, 2.05) is 26.1 Å². The predicted molar refractivity (Wildman–Crippen MR) is 62.1 cm³/mol. The van der Waals surface area contributed by atoms with Crippen LogP contribution in [0.1, 0.15) is 30.8 Å². The highest BCUT2D eigenvalue weighted by Gasteiger charge is 2.25. The number of ketones is 1. The number of rotatable bonds is 4. The Morgan fingerprint density at radius 1 is 1.50 bits per heavy atom. The third-order valence-corrected chi connectivity index (χ3v) is 3.18. The first-order valence-corrected chi connectivity index (χ1v) is 5.92. The first-order valence-electron chi connectivity index (χ1n) is 5.92. The fourth-order valence-electron chi connectivity index (χ4n) is 2.36. The lowest BCUT2D eigenvalue weighted by atomic mass is 10.1. The van der Waals surface area contributed by atoms with E-state index in [1.54, 1.807) is 0 Å². The van der Waals surface area contributed by atoms with Gasteiger partial charge in [0.15, 0.2) is 0 Å².